The summed E-state index contributed by atoms with van der Waals surface area (Å²) in [7, 11) is 1.37. The van der Waals surface area contributed by atoms with Crippen molar-refractivity contribution in [3.8, 4) is 11.4 Å². The van der Waals surface area contributed by atoms with Gasteiger partial charge < -0.3 is 19.4 Å². The lowest BCUT2D eigenvalue weighted by molar-refractivity contribution is -0.115. The number of nitrogens with one attached hydrogen (secondary N) is 1. The fraction of sp³-hybridized carbons (Fsp3) is 0.222. The van der Waals surface area contributed by atoms with Crippen LogP contribution in [0.2, 0.25) is 0 Å². The zero-order chi connectivity index (χ0) is 25.1. The van der Waals surface area contributed by atoms with Crippen molar-refractivity contribution in [1.29, 1.82) is 0 Å². The molecule has 0 radical (unpaired) electrons. The number of aliphatic imine (C=N–C) groups is 1. The Morgan fingerprint density at radius 3 is 2.51 bits per heavy atom. The van der Waals surface area contributed by atoms with E-state index in [9.17, 15) is 9.59 Å². The molecule has 1 aliphatic heterocycles. The van der Waals surface area contributed by atoms with Gasteiger partial charge in [-0.15, -0.1) is 0 Å². The minimum absolute atomic E-state index is 0.178. The van der Waals surface area contributed by atoms with Crippen molar-refractivity contribution in [2.75, 3.05) is 13.7 Å². The van der Waals surface area contributed by atoms with Gasteiger partial charge in [0.15, 0.2) is 5.17 Å². The van der Waals surface area contributed by atoms with Crippen molar-refractivity contribution < 1.29 is 19.1 Å². The number of carbonyl (C=O) groups is 2. The van der Waals surface area contributed by atoms with E-state index >= 15 is 0 Å². The highest BCUT2D eigenvalue weighted by atomic mass is 32.2. The third-order valence-corrected chi connectivity index (χ3v) is 6.55. The molecule has 4 rings (SSSR count). The minimum Gasteiger partial charge on any atom is -0.494 e. The van der Waals surface area contributed by atoms with Crippen LogP contribution in [0.5, 0.6) is 5.75 Å². The van der Waals surface area contributed by atoms with Crippen LogP contribution < -0.4 is 10.1 Å². The van der Waals surface area contributed by atoms with Gasteiger partial charge in [0.2, 0.25) is 0 Å². The Bertz CT molecular complexity index is 1350. The fourth-order valence-corrected chi connectivity index (χ4v) is 4.81. The number of nitrogens with zero attached hydrogens (tertiary/aromatic N) is 2. The van der Waals surface area contributed by atoms with E-state index in [1.54, 1.807) is 6.07 Å². The lowest BCUT2D eigenvalue weighted by Gasteiger charge is -2.14. The molecule has 7 nitrogen and oxygen atoms in total. The lowest BCUT2D eigenvalue weighted by atomic mass is 10.1. The molecule has 8 heteroatoms. The van der Waals surface area contributed by atoms with Gasteiger partial charge in [-0.25, -0.2) is 9.79 Å². The molecular weight excluding hydrogens is 462 g/mol. The van der Waals surface area contributed by atoms with E-state index < -0.39 is 0 Å². The first kappa shape index (κ1) is 24.3. The van der Waals surface area contributed by atoms with E-state index in [2.05, 4.69) is 14.9 Å². The highest BCUT2D eigenvalue weighted by Crippen LogP contribution is 2.31. The first-order valence-electron chi connectivity index (χ1n) is 11.2. The molecule has 1 aromatic heterocycles. The van der Waals surface area contributed by atoms with Gasteiger partial charge in [-0.2, -0.15) is 0 Å². The summed E-state index contributed by atoms with van der Waals surface area (Å²) in [6.07, 6.45) is 1.89. The van der Waals surface area contributed by atoms with Crippen molar-refractivity contribution in [3.63, 3.8) is 0 Å². The van der Waals surface area contributed by atoms with Crippen molar-refractivity contribution in [2.24, 2.45) is 4.99 Å². The van der Waals surface area contributed by atoms with Crippen LogP contribution in [-0.4, -0.2) is 35.3 Å². The van der Waals surface area contributed by atoms with Crippen LogP contribution in [0.25, 0.3) is 11.8 Å². The number of esters is 1. The Kier molecular flexibility index (Phi) is 7.12. The maximum atomic E-state index is 12.6. The normalized spacial score (nSPS) is 15.5. The van der Waals surface area contributed by atoms with Crippen LogP contribution in [-0.2, 0) is 9.53 Å². The predicted octanol–water partition coefficient (Wildman–Crippen LogP) is 5.48. The number of hydrogen-bond acceptors (Lipinski definition) is 6. The number of ether oxygens (including phenoxy) is 2. The summed E-state index contributed by atoms with van der Waals surface area (Å²) in [4.78, 5) is 29.6. The molecule has 0 saturated carbocycles. The summed E-state index contributed by atoms with van der Waals surface area (Å²) in [5, 5.41) is 3.38. The Balaban J connectivity index is 1.59. The van der Waals surface area contributed by atoms with Gasteiger partial charge in [-0.1, -0.05) is 0 Å². The van der Waals surface area contributed by atoms with Gasteiger partial charge in [0.1, 0.15) is 5.75 Å². The Labute approximate surface area is 208 Å². The number of aryl methyl sites for hydroxylation is 2. The number of aromatic nitrogens is 1. The number of methoxy groups -OCH3 is 1. The number of amides is 1. The van der Waals surface area contributed by atoms with Crippen LogP contribution in [0.15, 0.2) is 58.4 Å². The molecule has 0 aliphatic carbocycles. The number of rotatable bonds is 6. The van der Waals surface area contributed by atoms with Crippen molar-refractivity contribution in [1.82, 2.24) is 9.88 Å². The van der Waals surface area contributed by atoms with E-state index in [4.69, 9.17) is 9.47 Å². The largest absolute Gasteiger partial charge is 0.494 e. The molecule has 1 amide bonds. The second-order valence-corrected chi connectivity index (χ2v) is 9.09. The van der Waals surface area contributed by atoms with E-state index in [1.807, 2.05) is 76.2 Å². The Hall–Kier alpha value is -3.78. The third kappa shape index (κ3) is 5.17. The molecule has 2 heterocycles. The van der Waals surface area contributed by atoms with Crippen LogP contribution in [0.4, 0.5) is 5.69 Å². The van der Waals surface area contributed by atoms with Gasteiger partial charge in [-0.05, 0) is 105 Å². The molecule has 0 bridgehead atoms. The fourth-order valence-electron chi connectivity index (χ4n) is 3.98. The first-order valence-corrected chi connectivity index (χ1v) is 12.0. The summed E-state index contributed by atoms with van der Waals surface area (Å²) in [6, 6.07) is 15.0. The van der Waals surface area contributed by atoms with E-state index in [-0.39, 0.29) is 11.9 Å². The SMILES string of the molecule is CCOc1ccc(N=C2NC(=O)/C(=C\c3cc(C)n(-c4ccc(C(=O)OC)cc4C)c3C)S2)cc1. The quantitative estimate of drug-likeness (QED) is 0.366. The van der Waals surface area contributed by atoms with E-state index in [0.717, 1.165) is 39.6 Å². The minimum atomic E-state index is -0.363. The highest BCUT2D eigenvalue weighted by Gasteiger charge is 2.25. The van der Waals surface area contributed by atoms with Gasteiger partial charge in [0.05, 0.1) is 29.9 Å². The van der Waals surface area contributed by atoms with E-state index in [0.29, 0.717) is 22.2 Å². The summed E-state index contributed by atoms with van der Waals surface area (Å²) in [5.41, 5.74) is 6.13. The van der Waals surface area contributed by atoms with Crippen molar-refractivity contribution in [2.45, 2.75) is 27.7 Å². The summed E-state index contributed by atoms with van der Waals surface area (Å²) < 4.78 is 12.4. The van der Waals surface area contributed by atoms with Gasteiger partial charge >= 0.3 is 5.97 Å². The summed E-state index contributed by atoms with van der Waals surface area (Å²) in [6.45, 7) is 8.53. The number of hydrogen-bond donors (Lipinski definition) is 1. The van der Waals surface area contributed by atoms with Crippen LogP contribution in [0.3, 0.4) is 0 Å². The Morgan fingerprint density at radius 1 is 1.11 bits per heavy atom. The molecule has 0 unspecified atom stereocenters. The monoisotopic (exact) mass is 489 g/mol. The second-order valence-electron chi connectivity index (χ2n) is 8.06. The van der Waals surface area contributed by atoms with Gasteiger partial charge in [-0.3, -0.25) is 4.79 Å². The molecule has 1 aliphatic rings. The van der Waals surface area contributed by atoms with Crippen molar-refractivity contribution in [3.05, 3.63) is 81.5 Å². The Morgan fingerprint density at radius 2 is 1.86 bits per heavy atom. The smallest absolute Gasteiger partial charge is 0.337 e. The molecule has 0 spiro atoms. The molecule has 1 N–H and O–H groups in total. The third-order valence-electron chi connectivity index (χ3n) is 5.64. The first-order chi connectivity index (χ1) is 16.8. The number of thioether (sulfide) groups is 1. The highest BCUT2D eigenvalue weighted by molar-refractivity contribution is 8.18. The summed E-state index contributed by atoms with van der Waals surface area (Å²) >= 11 is 1.31. The topological polar surface area (TPSA) is 81.9 Å². The number of carbonyl (C=O) groups excluding carboxylic acids is 2. The molecule has 3 aromatic rings. The molecule has 35 heavy (non-hydrogen) atoms. The zero-order valence-electron chi connectivity index (χ0n) is 20.3. The molecule has 2 aromatic carbocycles. The predicted molar refractivity (Wildman–Crippen MR) is 140 cm³/mol. The average Bonchev–Trinajstić information content (AvgIpc) is 3.32. The number of benzene rings is 2. The molecular formula is C27H27N3O4S. The standard InChI is InChI=1S/C27H27N3O4S/c1-6-34-22-10-8-21(9-11-22)28-27-29-25(31)24(35-27)15-20-14-17(3)30(18(20)4)23-12-7-19(13-16(23)2)26(32)33-5/h7-15H,6H2,1-5H3,(H,28,29,31)/b24-15+. The molecule has 180 valence electrons. The lowest BCUT2D eigenvalue weighted by Crippen LogP contribution is -2.19. The summed E-state index contributed by atoms with van der Waals surface area (Å²) in [5.74, 6) is 0.242. The molecule has 1 fully saturated rings. The second kappa shape index (κ2) is 10.2. The van der Waals surface area contributed by atoms with E-state index in [1.165, 1.54) is 18.9 Å². The van der Waals surface area contributed by atoms with Crippen molar-refractivity contribution >= 4 is 40.6 Å². The molecule has 0 atom stereocenters. The number of amidine groups is 1. The van der Waals surface area contributed by atoms with Gasteiger partial charge in [0, 0.05) is 17.1 Å². The van der Waals surface area contributed by atoms with Crippen LogP contribution >= 0.6 is 11.8 Å². The maximum absolute atomic E-state index is 12.6. The zero-order valence-corrected chi connectivity index (χ0v) is 21.2. The molecule has 1 saturated heterocycles. The van der Waals surface area contributed by atoms with Crippen LogP contribution in [0, 0.1) is 20.8 Å². The van der Waals surface area contributed by atoms with Gasteiger partial charge in [0.25, 0.3) is 5.91 Å². The average molecular weight is 490 g/mol. The van der Waals surface area contributed by atoms with Crippen LogP contribution in [0.1, 0.15) is 39.8 Å². The maximum Gasteiger partial charge on any atom is 0.337 e.